The summed E-state index contributed by atoms with van der Waals surface area (Å²) in [7, 11) is 0. The maximum atomic E-state index is 5.26. The van der Waals surface area contributed by atoms with Gasteiger partial charge in [0.15, 0.2) is 11.6 Å². The van der Waals surface area contributed by atoms with Gasteiger partial charge in [-0.2, -0.15) is 15.1 Å². The molecule has 11 rings (SSSR count). The molecule has 0 bridgehead atoms. The van der Waals surface area contributed by atoms with Gasteiger partial charge in [-0.15, -0.1) is 0 Å². The SMILES string of the molecule is c1ccc(-c2nc(-c3cccc(-c4c(-c5ccccc5)n5ncc(-c6ccccc6)c5c5ccccc45)c3)nc(-n3c4ccccc4c4ccccc43)n2)cc1. The molecule has 4 heterocycles. The van der Waals surface area contributed by atoms with Crippen molar-refractivity contribution in [1.29, 1.82) is 0 Å². The Morgan fingerprint density at radius 3 is 1.54 bits per heavy atom. The summed E-state index contributed by atoms with van der Waals surface area (Å²) in [5.41, 5.74) is 11.4. The Kier molecular flexibility index (Phi) is 7.38. The van der Waals surface area contributed by atoms with Crippen LogP contribution in [0, 0.1) is 0 Å². The van der Waals surface area contributed by atoms with Gasteiger partial charge in [0, 0.05) is 44.0 Å². The fourth-order valence-electron chi connectivity index (χ4n) is 8.16. The lowest BCUT2D eigenvalue weighted by atomic mass is 9.91. The largest absolute Gasteiger partial charge is 0.278 e. The fourth-order valence-corrected chi connectivity index (χ4v) is 8.16. The van der Waals surface area contributed by atoms with Crippen LogP contribution in [0.1, 0.15) is 0 Å². The first-order valence-corrected chi connectivity index (χ1v) is 18.7. The Morgan fingerprint density at radius 2 is 0.875 bits per heavy atom. The smallest absolute Gasteiger partial charge is 0.238 e. The Labute approximate surface area is 322 Å². The lowest BCUT2D eigenvalue weighted by Crippen LogP contribution is -2.06. The van der Waals surface area contributed by atoms with E-state index in [1.165, 1.54) is 0 Å². The highest BCUT2D eigenvalue weighted by Gasteiger charge is 2.23. The van der Waals surface area contributed by atoms with Crippen molar-refractivity contribution in [2.75, 3.05) is 0 Å². The van der Waals surface area contributed by atoms with Gasteiger partial charge in [-0.25, -0.2) is 9.50 Å². The summed E-state index contributed by atoms with van der Waals surface area (Å²) in [6, 6.07) is 65.3. The Morgan fingerprint density at radius 1 is 0.375 bits per heavy atom. The number of nitrogens with zero attached hydrogens (tertiary/aromatic N) is 6. The third-order valence-corrected chi connectivity index (χ3v) is 10.6. The quantitative estimate of drug-likeness (QED) is 0.172. The van der Waals surface area contributed by atoms with Crippen LogP contribution in [0.4, 0.5) is 0 Å². The molecule has 0 unspecified atom stereocenters. The van der Waals surface area contributed by atoms with Crippen molar-refractivity contribution in [3.8, 4) is 62.2 Å². The third kappa shape index (κ3) is 5.11. The minimum atomic E-state index is 0.568. The van der Waals surface area contributed by atoms with Gasteiger partial charge < -0.3 is 0 Å². The van der Waals surface area contributed by atoms with E-state index in [0.29, 0.717) is 17.6 Å². The number of benzene rings is 7. The molecule has 0 aliphatic carbocycles. The van der Waals surface area contributed by atoms with Gasteiger partial charge in [0.2, 0.25) is 5.95 Å². The molecule has 0 aliphatic rings. The second kappa shape index (κ2) is 13.0. The average Bonchev–Trinajstić information content (AvgIpc) is 3.87. The van der Waals surface area contributed by atoms with Gasteiger partial charge in [0.25, 0.3) is 0 Å². The van der Waals surface area contributed by atoms with Crippen LogP contribution in [-0.4, -0.2) is 29.1 Å². The number of hydrogen-bond acceptors (Lipinski definition) is 4. The van der Waals surface area contributed by atoms with E-state index >= 15 is 0 Å². The molecule has 56 heavy (non-hydrogen) atoms. The molecule has 4 aromatic heterocycles. The van der Waals surface area contributed by atoms with Crippen molar-refractivity contribution < 1.29 is 0 Å². The van der Waals surface area contributed by atoms with E-state index in [1.54, 1.807) is 0 Å². The summed E-state index contributed by atoms with van der Waals surface area (Å²) >= 11 is 0. The first-order chi connectivity index (χ1) is 27.8. The van der Waals surface area contributed by atoms with Crippen molar-refractivity contribution in [2.24, 2.45) is 0 Å². The van der Waals surface area contributed by atoms with Crippen LogP contribution in [0.25, 0.3) is 100 Å². The first-order valence-electron chi connectivity index (χ1n) is 18.7. The zero-order valence-corrected chi connectivity index (χ0v) is 30.2. The second-order valence-corrected chi connectivity index (χ2v) is 13.9. The Balaban J connectivity index is 1.18. The Hall–Kier alpha value is -7.70. The van der Waals surface area contributed by atoms with E-state index < -0.39 is 0 Å². The van der Waals surface area contributed by atoms with Gasteiger partial charge in [0.05, 0.1) is 28.4 Å². The number of hydrogen-bond donors (Lipinski definition) is 0. The normalized spacial score (nSPS) is 11.6. The van der Waals surface area contributed by atoms with E-state index in [2.05, 4.69) is 167 Å². The maximum absolute atomic E-state index is 5.26. The standard InChI is InChI=1S/C50H32N6/c1-4-17-33(18-5-1)42-32-51-56-46(34-19-6-2-7-20-34)45(40-27-10-11-28-41(40)47(42)56)36-23-16-24-37(31-36)49-52-48(35-21-8-3-9-22-35)53-50(54-49)55-43-29-14-12-25-38(43)39-26-13-15-30-44(39)55/h1-32H. The fraction of sp³-hybridized carbons (Fsp3) is 0. The number of para-hydroxylation sites is 2. The molecule has 0 fully saturated rings. The lowest BCUT2D eigenvalue weighted by Gasteiger charge is -2.18. The molecule has 0 aliphatic heterocycles. The van der Waals surface area contributed by atoms with E-state index in [9.17, 15) is 0 Å². The molecule has 0 radical (unpaired) electrons. The molecule has 7 aromatic carbocycles. The predicted octanol–water partition coefficient (Wildman–Crippen LogP) is 12.1. The van der Waals surface area contributed by atoms with Crippen molar-refractivity contribution in [3.05, 3.63) is 194 Å². The van der Waals surface area contributed by atoms with Crippen molar-refractivity contribution in [1.82, 2.24) is 29.1 Å². The third-order valence-electron chi connectivity index (χ3n) is 10.6. The summed E-state index contributed by atoms with van der Waals surface area (Å²) in [5.74, 6) is 1.77. The Bertz CT molecular complexity index is 3190. The molecule has 0 saturated heterocycles. The summed E-state index contributed by atoms with van der Waals surface area (Å²) in [6.45, 7) is 0. The molecular formula is C50H32N6. The minimum absolute atomic E-state index is 0.568. The maximum Gasteiger partial charge on any atom is 0.238 e. The van der Waals surface area contributed by atoms with Gasteiger partial charge in [-0.1, -0.05) is 170 Å². The predicted molar refractivity (Wildman–Crippen MR) is 228 cm³/mol. The summed E-state index contributed by atoms with van der Waals surface area (Å²) in [4.78, 5) is 15.6. The van der Waals surface area contributed by atoms with Crippen LogP contribution >= 0.6 is 0 Å². The van der Waals surface area contributed by atoms with Gasteiger partial charge in [0.1, 0.15) is 0 Å². The van der Waals surface area contributed by atoms with E-state index in [4.69, 9.17) is 20.1 Å². The van der Waals surface area contributed by atoms with Gasteiger partial charge in [-0.05, 0) is 34.7 Å². The van der Waals surface area contributed by atoms with Crippen LogP contribution < -0.4 is 0 Å². The highest BCUT2D eigenvalue weighted by Crippen LogP contribution is 2.43. The second-order valence-electron chi connectivity index (χ2n) is 13.9. The lowest BCUT2D eigenvalue weighted by molar-refractivity contribution is 0.953. The summed E-state index contributed by atoms with van der Waals surface area (Å²) in [5, 5.41) is 9.67. The monoisotopic (exact) mass is 716 g/mol. The molecular weight excluding hydrogens is 685 g/mol. The van der Waals surface area contributed by atoms with Crippen molar-refractivity contribution in [2.45, 2.75) is 0 Å². The number of aromatic nitrogens is 6. The first kappa shape index (κ1) is 31.8. The van der Waals surface area contributed by atoms with Gasteiger partial charge >= 0.3 is 0 Å². The minimum Gasteiger partial charge on any atom is -0.278 e. The number of rotatable bonds is 6. The van der Waals surface area contributed by atoms with Crippen LogP contribution in [0.2, 0.25) is 0 Å². The molecule has 0 spiro atoms. The van der Waals surface area contributed by atoms with Crippen LogP contribution in [0.15, 0.2) is 194 Å². The van der Waals surface area contributed by atoms with Crippen LogP contribution in [0.5, 0.6) is 0 Å². The van der Waals surface area contributed by atoms with Crippen molar-refractivity contribution in [3.63, 3.8) is 0 Å². The van der Waals surface area contributed by atoms with E-state index in [1.807, 2.05) is 36.5 Å². The van der Waals surface area contributed by atoms with Crippen LogP contribution in [-0.2, 0) is 0 Å². The van der Waals surface area contributed by atoms with Crippen molar-refractivity contribution >= 4 is 38.1 Å². The highest BCUT2D eigenvalue weighted by molar-refractivity contribution is 6.13. The van der Waals surface area contributed by atoms with Gasteiger partial charge in [-0.3, -0.25) is 4.57 Å². The molecule has 0 saturated carbocycles. The van der Waals surface area contributed by atoms with E-state index in [-0.39, 0.29) is 0 Å². The topological polar surface area (TPSA) is 60.9 Å². The molecule has 262 valence electrons. The van der Waals surface area contributed by atoms with E-state index in [0.717, 1.165) is 82.7 Å². The highest BCUT2D eigenvalue weighted by atomic mass is 15.2. The van der Waals surface area contributed by atoms with Crippen LogP contribution in [0.3, 0.4) is 0 Å². The summed E-state index contributed by atoms with van der Waals surface area (Å²) in [6.07, 6.45) is 2.00. The number of pyridine rings is 1. The molecule has 11 aromatic rings. The molecule has 6 heteroatoms. The molecule has 6 nitrogen and oxygen atoms in total. The average molecular weight is 717 g/mol. The number of fused-ring (bicyclic) bond motifs is 6. The summed E-state index contributed by atoms with van der Waals surface area (Å²) < 4.78 is 4.28. The molecule has 0 N–H and O–H groups in total. The molecule has 0 atom stereocenters. The zero-order valence-electron chi connectivity index (χ0n) is 30.2. The zero-order chi connectivity index (χ0) is 37.0. The molecule has 0 amide bonds.